The topological polar surface area (TPSA) is 12.0 Å². The van der Waals surface area contributed by atoms with Crippen molar-refractivity contribution in [3.05, 3.63) is 70.7 Å². The predicted molar refractivity (Wildman–Crippen MR) is 85.3 cm³/mol. The molecule has 0 aromatic heterocycles. The lowest BCUT2D eigenvalue weighted by Crippen LogP contribution is -2.31. The van der Waals surface area contributed by atoms with Crippen LogP contribution in [-0.2, 0) is 0 Å². The lowest BCUT2D eigenvalue weighted by atomic mass is 9.76. The van der Waals surface area contributed by atoms with Gasteiger partial charge in [0, 0.05) is 10.9 Å². The van der Waals surface area contributed by atoms with Gasteiger partial charge >= 0.3 is 0 Å². The molecule has 0 saturated carbocycles. The van der Waals surface area contributed by atoms with E-state index in [-0.39, 0.29) is 0 Å². The molecule has 1 aliphatic heterocycles. The van der Waals surface area contributed by atoms with Gasteiger partial charge < -0.3 is 5.32 Å². The van der Waals surface area contributed by atoms with Crippen molar-refractivity contribution in [3.63, 3.8) is 0 Å². The van der Waals surface area contributed by atoms with Gasteiger partial charge in [-0.25, -0.2) is 0 Å². The molecule has 1 N–H and O–H groups in total. The summed E-state index contributed by atoms with van der Waals surface area (Å²) in [6.07, 6.45) is 2.43. The van der Waals surface area contributed by atoms with Crippen LogP contribution >= 0.6 is 11.6 Å². The van der Waals surface area contributed by atoms with E-state index in [9.17, 15) is 0 Å². The quantitative estimate of drug-likeness (QED) is 0.877. The van der Waals surface area contributed by atoms with Gasteiger partial charge in [0.2, 0.25) is 0 Å². The van der Waals surface area contributed by atoms with E-state index in [1.165, 1.54) is 24.0 Å². The molecule has 0 radical (unpaired) electrons. The molecule has 2 heteroatoms. The zero-order chi connectivity index (χ0) is 13.8. The van der Waals surface area contributed by atoms with Crippen LogP contribution in [0.3, 0.4) is 0 Å². The predicted octanol–water partition coefficient (Wildman–Crippen LogP) is 4.47. The maximum Gasteiger partial charge on any atom is 0.0444 e. The van der Waals surface area contributed by atoms with Crippen molar-refractivity contribution in [2.45, 2.75) is 18.8 Å². The van der Waals surface area contributed by atoms with Crippen molar-refractivity contribution in [2.24, 2.45) is 5.92 Å². The van der Waals surface area contributed by atoms with Crippen molar-refractivity contribution < 1.29 is 0 Å². The van der Waals surface area contributed by atoms with Crippen molar-refractivity contribution >= 4 is 11.6 Å². The fraction of sp³-hybridized carbons (Fsp3) is 0.333. The number of benzene rings is 2. The molecule has 1 aliphatic rings. The molecule has 0 aliphatic carbocycles. The highest BCUT2D eigenvalue weighted by Gasteiger charge is 2.27. The first-order chi connectivity index (χ1) is 9.86. The smallest absolute Gasteiger partial charge is 0.0444 e. The number of piperidine rings is 1. The van der Waals surface area contributed by atoms with E-state index in [4.69, 9.17) is 11.6 Å². The third-order valence-electron chi connectivity index (χ3n) is 4.25. The Morgan fingerprint density at radius 2 is 1.55 bits per heavy atom. The van der Waals surface area contributed by atoms with Crippen LogP contribution in [0.15, 0.2) is 54.6 Å². The lowest BCUT2D eigenvalue weighted by molar-refractivity contribution is 0.342. The highest BCUT2D eigenvalue weighted by atomic mass is 35.5. The third kappa shape index (κ3) is 2.89. The number of hydrogen-bond acceptors (Lipinski definition) is 1. The molecule has 0 amide bonds. The van der Waals surface area contributed by atoms with E-state index in [1.807, 2.05) is 12.1 Å². The van der Waals surface area contributed by atoms with Crippen molar-refractivity contribution in [1.29, 1.82) is 0 Å². The molecule has 104 valence electrons. The number of halogens is 1. The summed E-state index contributed by atoms with van der Waals surface area (Å²) < 4.78 is 0. The second-order valence-electron chi connectivity index (χ2n) is 5.50. The van der Waals surface area contributed by atoms with Crippen LogP contribution in [0.2, 0.25) is 5.02 Å². The maximum atomic E-state index is 6.47. The molecule has 1 nitrogen and oxygen atoms in total. The fourth-order valence-electron chi connectivity index (χ4n) is 3.27. The van der Waals surface area contributed by atoms with E-state index >= 15 is 0 Å². The molecule has 1 unspecified atom stereocenters. The molecule has 2 aromatic carbocycles. The molecule has 1 atom stereocenters. The Morgan fingerprint density at radius 1 is 0.900 bits per heavy atom. The molecule has 1 saturated heterocycles. The van der Waals surface area contributed by atoms with Gasteiger partial charge in [-0.3, -0.25) is 0 Å². The minimum absolute atomic E-state index is 0.409. The van der Waals surface area contributed by atoms with Gasteiger partial charge in [0.25, 0.3) is 0 Å². The minimum Gasteiger partial charge on any atom is -0.317 e. The van der Waals surface area contributed by atoms with E-state index < -0.39 is 0 Å². The number of nitrogens with one attached hydrogen (secondary N) is 1. The van der Waals surface area contributed by atoms with Gasteiger partial charge in [-0.15, -0.1) is 0 Å². The summed E-state index contributed by atoms with van der Waals surface area (Å²) in [7, 11) is 0. The van der Waals surface area contributed by atoms with Gasteiger partial charge in [-0.05, 0) is 49.0 Å². The van der Waals surface area contributed by atoms with Crippen LogP contribution < -0.4 is 5.32 Å². The van der Waals surface area contributed by atoms with Gasteiger partial charge in [-0.2, -0.15) is 0 Å². The van der Waals surface area contributed by atoms with Gasteiger partial charge in [0.1, 0.15) is 0 Å². The van der Waals surface area contributed by atoms with Gasteiger partial charge in [-0.1, -0.05) is 60.1 Å². The summed E-state index contributed by atoms with van der Waals surface area (Å²) in [5.74, 6) is 1.07. The largest absolute Gasteiger partial charge is 0.317 e. The zero-order valence-electron chi connectivity index (χ0n) is 11.6. The molecule has 0 bridgehead atoms. The second kappa shape index (κ2) is 6.43. The van der Waals surface area contributed by atoms with Crippen LogP contribution in [0.25, 0.3) is 0 Å². The summed E-state index contributed by atoms with van der Waals surface area (Å²) in [6, 6.07) is 19.1. The monoisotopic (exact) mass is 285 g/mol. The Hall–Kier alpha value is -1.31. The van der Waals surface area contributed by atoms with Crippen LogP contribution in [0, 0.1) is 5.92 Å². The minimum atomic E-state index is 0.409. The first-order valence-electron chi connectivity index (χ1n) is 7.36. The van der Waals surface area contributed by atoms with Crippen LogP contribution in [-0.4, -0.2) is 13.1 Å². The van der Waals surface area contributed by atoms with E-state index in [0.717, 1.165) is 18.1 Å². The van der Waals surface area contributed by atoms with E-state index in [1.54, 1.807) is 0 Å². The SMILES string of the molecule is Clc1ccccc1C(c1ccccc1)C1CCNCC1. The normalized spacial score (nSPS) is 17.9. The summed E-state index contributed by atoms with van der Waals surface area (Å²) in [4.78, 5) is 0. The van der Waals surface area contributed by atoms with Crippen LogP contribution in [0.1, 0.15) is 29.9 Å². The molecule has 1 heterocycles. The zero-order valence-corrected chi connectivity index (χ0v) is 12.3. The Morgan fingerprint density at radius 3 is 2.25 bits per heavy atom. The second-order valence-corrected chi connectivity index (χ2v) is 5.90. The van der Waals surface area contributed by atoms with Crippen LogP contribution in [0.4, 0.5) is 0 Å². The Balaban J connectivity index is 2.01. The molecule has 0 spiro atoms. The highest BCUT2D eigenvalue weighted by Crippen LogP contribution is 2.39. The maximum absolute atomic E-state index is 6.47. The standard InChI is InChI=1S/C18H20ClN/c19-17-9-5-4-8-16(17)18(14-6-2-1-3-7-14)15-10-12-20-13-11-15/h1-9,15,18,20H,10-13H2. The molecule has 3 rings (SSSR count). The highest BCUT2D eigenvalue weighted by molar-refractivity contribution is 6.31. The number of rotatable bonds is 3. The Bertz CT molecular complexity index is 546. The molecular weight excluding hydrogens is 266 g/mol. The summed E-state index contributed by atoms with van der Waals surface area (Å²) in [6.45, 7) is 2.22. The molecule has 20 heavy (non-hydrogen) atoms. The summed E-state index contributed by atoms with van der Waals surface area (Å²) >= 11 is 6.47. The van der Waals surface area contributed by atoms with Gasteiger partial charge in [0.05, 0.1) is 0 Å². The third-order valence-corrected chi connectivity index (χ3v) is 4.60. The molecule has 2 aromatic rings. The Kier molecular flexibility index (Phi) is 4.39. The summed E-state index contributed by atoms with van der Waals surface area (Å²) in [5, 5.41) is 4.34. The first kappa shape index (κ1) is 13.7. The first-order valence-corrected chi connectivity index (χ1v) is 7.74. The van der Waals surface area contributed by atoms with Crippen molar-refractivity contribution in [1.82, 2.24) is 5.32 Å². The summed E-state index contributed by atoms with van der Waals surface area (Å²) in [5.41, 5.74) is 2.65. The lowest BCUT2D eigenvalue weighted by Gasteiger charge is -2.32. The molecule has 1 fully saturated rings. The van der Waals surface area contributed by atoms with Crippen molar-refractivity contribution in [2.75, 3.05) is 13.1 Å². The van der Waals surface area contributed by atoms with Crippen LogP contribution in [0.5, 0.6) is 0 Å². The average Bonchev–Trinajstić information content (AvgIpc) is 2.52. The molecular formula is C18H20ClN. The fourth-order valence-corrected chi connectivity index (χ4v) is 3.52. The van der Waals surface area contributed by atoms with E-state index in [2.05, 4.69) is 47.8 Å². The van der Waals surface area contributed by atoms with Crippen molar-refractivity contribution in [3.8, 4) is 0 Å². The Labute approximate surface area is 126 Å². The average molecular weight is 286 g/mol. The van der Waals surface area contributed by atoms with E-state index in [0.29, 0.717) is 11.8 Å². The van der Waals surface area contributed by atoms with Gasteiger partial charge in [0.15, 0.2) is 0 Å². The number of hydrogen-bond donors (Lipinski definition) is 1.